The van der Waals surface area contributed by atoms with Crippen molar-refractivity contribution in [3.8, 4) is 0 Å². The van der Waals surface area contributed by atoms with E-state index in [1.165, 1.54) is 0 Å². The average molecular weight is 226 g/mol. The van der Waals surface area contributed by atoms with Gasteiger partial charge in [0.2, 0.25) is 5.83 Å². The van der Waals surface area contributed by atoms with E-state index < -0.39 is 11.8 Å². The van der Waals surface area contributed by atoms with Gasteiger partial charge in [0.05, 0.1) is 0 Å². The zero-order valence-electron chi connectivity index (χ0n) is 8.04. The number of hydrogen-bond acceptors (Lipinski definition) is 2. The van der Waals surface area contributed by atoms with Crippen LogP contribution in [0.1, 0.15) is 32.1 Å². The number of carboxylic acid groups (broad SMARTS) is 1. The molecule has 14 heavy (non-hydrogen) atoms. The second-order valence-electron chi connectivity index (χ2n) is 2.85. The second-order valence-corrected chi connectivity index (χ2v) is 2.85. The number of allylic oxidation sites excluding steroid dienone is 1. The standard InChI is InChI=1S/C9H16FNO2.ClH/c10-8(9(12)13)6-4-2-1-3-5-7-11;/h6H,1-5,7,11H2,(H,12,13);1H/b8-6-;. The molecule has 0 saturated carbocycles. The summed E-state index contributed by atoms with van der Waals surface area (Å²) in [5.41, 5.74) is 5.28. The van der Waals surface area contributed by atoms with Gasteiger partial charge in [0, 0.05) is 0 Å². The van der Waals surface area contributed by atoms with E-state index in [-0.39, 0.29) is 12.4 Å². The first-order chi connectivity index (χ1) is 6.18. The van der Waals surface area contributed by atoms with E-state index in [4.69, 9.17) is 10.8 Å². The van der Waals surface area contributed by atoms with E-state index in [1.807, 2.05) is 0 Å². The van der Waals surface area contributed by atoms with Crippen molar-refractivity contribution in [2.24, 2.45) is 5.73 Å². The lowest BCUT2D eigenvalue weighted by molar-refractivity contribution is -0.134. The minimum absolute atomic E-state index is 0. The molecule has 0 aliphatic heterocycles. The highest BCUT2D eigenvalue weighted by Gasteiger charge is 2.02. The van der Waals surface area contributed by atoms with Crippen LogP contribution in [0.25, 0.3) is 0 Å². The summed E-state index contributed by atoms with van der Waals surface area (Å²) in [5.74, 6) is -2.54. The molecular formula is C9H17ClFNO2. The molecule has 0 bridgehead atoms. The smallest absolute Gasteiger partial charge is 0.364 e. The highest BCUT2D eigenvalue weighted by Crippen LogP contribution is 2.06. The van der Waals surface area contributed by atoms with E-state index >= 15 is 0 Å². The molecule has 0 aliphatic rings. The van der Waals surface area contributed by atoms with Crippen LogP contribution in [0.2, 0.25) is 0 Å². The number of carboxylic acids is 1. The predicted octanol–water partition coefficient (Wildman–Crippen LogP) is 2.26. The molecule has 5 heteroatoms. The molecule has 0 unspecified atom stereocenters. The number of carbonyl (C=O) groups is 1. The lowest BCUT2D eigenvalue weighted by Crippen LogP contribution is -1.97. The molecule has 0 heterocycles. The summed E-state index contributed by atoms with van der Waals surface area (Å²) in [6.07, 6.45) is 5.40. The molecule has 0 fully saturated rings. The van der Waals surface area contributed by atoms with E-state index in [2.05, 4.69) is 0 Å². The Morgan fingerprint density at radius 1 is 1.29 bits per heavy atom. The number of aliphatic carboxylic acids is 1. The fraction of sp³-hybridized carbons (Fsp3) is 0.667. The van der Waals surface area contributed by atoms with Crippen molar-refractivity contribution in [3.63, 3.8) is 0 Å². The zero-order chi connectivity index (χ0) is 10.1. The Kier molecular flexibility index (Phi) is 11.9. The van der Waals surface area contributed by atoms with Gasteiger partial charge in [-0.1, -0.05) is 12.8 Å². The van der Waals surface area contributed by atoms with Gasteiger partial charge in [-0.15, -0.1) is 12.4 Å². The van der Waals surface area contributed by atoms with Crippen molar-refractivity contribution >= 4 is 18.4 Å². The van der Waals surface area contributed by atoms with Gasteiger partial charge in [0.15, 0.2) is 0 Å². The Bertz CT molecular complexity index is 186. The van der Waals surface area contributed by atoms with Gasteiger partial charge >= 0.3 is 5.97 Å². The summed E-state index contributed by atoms with van der Waals surface area (Å²) in [4.78, 5) is 10.0. The Morgan fingerprint density at radius 3 is 2.36 bits per heavy atom. The Balaban J connectivity index is 0. The summed E-state index contributed by atoms with van der Waals surface area (Å²) in [6, 6.07) is 0. The number of nitrogens with two attached hydrogens (primary N) is 1. The minimum atomic E-state index is -1.48. The van der Waals surface area contributed by atoms with Crippen molar-refractivity contribution in [2.45, 2.75) is 32.1 Å². The highest BCUT2D eigenvalue weighted by molar-refractivity contribution is 5.85. The average Bonchev–Trinajstić information content (AvgIpc) is 2.10. The lowest BCUT2D eigenvalue weighted by Gasteiger charge is -1.96. The van der Waals surface area contributed by atoms with Gasteiger partial charge in [-0.2, -0.15) is 4.39 Å². The van der Waals surface area contributed by atoms with Crippen LogP contribution in [-0.4, -0.2) is 17.6 Å². The molecule has 0 aromatic rings. The minimum Gasteiger partial charge on any atom is -0.476 e. The maximum atomic E-state index is 12.3. The number of rotatable bonds is 7. The molecule has 0 aliphatic carbocycles. The van der Waals surface area contributed by atoms with Crippen LogP contribution in [0.3, 0.4) is 0 Å². The Labute approximate surface area is 89.6 Å². The molecule has 0 amide bonds. The number of halogens is 2. The molecule has 0 spiro atoms. The summed E-state index contributed by atoms with van der Waals surface area (Å²) in [5, 5.41) is 8.16. The SMILES string of the molecule is Cl.NCCCCCC/C=C(\F)C(=O)O. The van der Waals surface area contributed by atoms with E-state index in [9.17, 15) is 9.18 Å². The van der Waals surface area contributed by atoms with E-state index in [0.29, 0.717) is 13.0 Å². The highest BCUT2D eigenvalue weighted by atomic mass is 35.5. The molecule has 84 valence electrons. The zero-order valence-corrected chi connectivity index (χ0v) is 8.86. The summed E-state index contributed by atoms with van der Waals surface area (Å²) < 4.78 is 12.3. The monoisotopic (exact) mass is 225 g/mol. The van der Waals surface area contributed by atoms with Crippen LogP contribution >= 0.6 is 12.4 Å². The van der Waals surface area contributed by atoms with Gasteiger partial charge in [-0.05, 0) is 31.9 Å². The quantitative estimate of drug-likeness (QED) is 0.516. The molecule has 0 rings (SSSR count). The first kappa shape index (κ1) is 15.8. The third-order valence-electron chi connectivity index (χ3n) is 1.69. The molecule has 0 radical (unpaired) electrons. The second kappa shape index (κ2) is 10.5. The van der Waals surface area contributed by atoms with Gasteiger partial charge < -0.3 is 10.8 Å². The van der Waals surface area contributed by atoms with Gasteiger partial charge in [0.1, 0.15) is 0 Å². The fourth-order valence-electron chi connectivity index (χ4n) is 0.958. The largest absolute Gasteiger partial charge is 0.476 e. The topological polar surface area (TPSA) is 63.3 Å². The van der Waals surface area contributed by atoms with Crippen molar-refractivity contribution in [3.05, 3.63) is 11.9 Å². The maximum Gasteiger partial charge on any atom is 0.364 e. The van der Waals surface area contributed by atoms with Crippen LogP contribution in [0.15, 0.2) is 11.9 Å². The molecule has 0 aromatic carbocycles. The summed E-state index contributed by atoms with van der Waals surface area (Å²) in [6.45, 7) is 0.680. The van der Waals surface area contributed by atoms with Crippen LogP contribution in [0.4, 0.5) is 4.39 Å². The van der Waals surface area contributed by atoms with E-state index in [0.717, 1.165) is 31.8 Å². The van der Waals surface area contributed by atoms with Crippen molar-refractivity contribution < 1.29 is 14.3 Å². The van der Waals surface area contributed by atoms with Crippen LogP contribution in [0.5, 0.6) is 0 Å². The van der Waals surface area contributed by atoms with Crippen molar-refractivity contribution in [2.75, 3.05) is 6.54 Å². The normalized spacial score (nSPS) is 10.9. The third-order valence-corrected chi connectivity index (χ3v) is 1.69. The molecule has 0 saturated heterocycles. The maximum absolute atomic E-state index is 12.3. The van der Waals surface area contributed by atoms with Crippen LogP contribution < -0.4 is 5.73 Å². The third kappa shape index (κ3) is 9.48. The predicted molar refractivity (Wildman–Crippen MR) is 56.2 cm³/mol. The Morgan fingerprint density at radius 2 is 1.86 bits per heavy atom. The number of unbranched alkanes of at least 4 members (excludes halogenated alkanes) is 4. The van der Waals surface area contributed by atoms with Crippen LogP contribution in [-0.2, 0) is 4.79 Å². The van der Waals surface area contributed by atoms with Gasteiger partial charge in [-0.25, -0.2) is 4.79 Å². The van der Waals surface area contributed by atoms with Crippen molar-refractivity contribution in [1.29, 1.82) is 0 Å². The van der Waals surface area contributed by atoms with Gasteiger partial charge in [0.25, 0.3) is 0 Å². The first-order valence-corrected chi connectivity index (χ1v) is 4.47. The number of hydrogen-bond donors (Lipinski definition) is 2. The fourth-order valence-corrected chi connectivity index (χ4v) is 0.958. The first-order valence-electron chi connectivity index (χ1n) is 4.47. The lowest BCUT2D eigenvalue weighted by atomic mass is 10.1. The molecule has 0 aromatic heterocycles. The summed E-state index contributed by atoms with van der Waals surface area (Å²) >= 11 is 0. The molecule has 3 nitrogen and oxygen atoms in total. The van der Waals surface area contributed by atoms with Crippen LogP contribution in [0, 0.1) is 0 Å². The Hall–Kier alpha value is -0.610. The molecule has 0 atom stereocenters. The van der Waals surface area contributed by atoms with Gasteiger partial charge in [-0.3, -0.25) is 0 Å². The summed E-state index contributed by atoms with van der Waals surface area (Å²) in [7, 11) is 0. The van der Waals surface area contributed by atoms with Crippen molar-refractivity contribution in [1.82, 2.24) is 0 Å². The molecule has 3 N–H and O–H groups in total. The molecular weight excluding hydrogens is 209 g/mol. The van der Waals surface area contributed by atoms with E-state index in [1.54, 1.807) is 0 Å².